The number of anilines is 1. The summed E-state index contributed by atoms with van der Waals surface area (Å²) < 4.78 is 4.96. The van der Waals surface area contributed by atoms with Crippen LogP contribution in [0.3, 0.4) is 0 Å². The summed E-state index contributed by atoms with van der Waals surface area (Å²) in [4.78, 5) is 41.9. The minimum atomic E-state index is -0.741. The molecule has 9 heteroatoms. The van der Waals surface area contributed by atoms with Gasteiger partial charge in [0, 0.05) is 17.5 Å². The van der Waals surface area contributed by atoms with Crippen molar-refractivity contribution in [1.82, 2.24) is 15.2 Å². The third-order valence-electron chi connectivity index (χ3n) is 4.28. The lowest BCUT2D eigenvalue weighted by atomic mass is 10.1. The first-order chi connectivity index (χ1) is 13.5. The van der Waals surface area contributed by atoms with Crippen molar-refractivity contribution in [3.8, 4) is 5.88 Å². The van der Waals surface area contributed by atoms with Crippen molar-refractivity contribution in [1.29, 1.82) is 0 Å². The zero-order valence-corrected chi connectivity index (χ0v) is 15.9. The number of ether oxygens (including phenoxy) is 1. The molecule has 146 valence electrons. The van der Waals surface area contributed by atoms with Gasteiger partial charge in [-0.05, 0) is 24.1 Å². The molecule has 1 fully saturated rings. The number of pyridine rings is 1. The number of hydrogen-bond acceptors (Lipinski definition) is 5. The molecule has 2 N–H and O–H groups in total. The Morgan fingerprint density at radius 1 is 1.29 bits per heavy atom. The number of amides is 4. The maximum Gasteiger partial charge on any atom is 0.325 e. The van der Waals surface area contributed by atoms with Gasteiger partial charge >= 0.3 is 6.03 Å². The van der Waals surface area contributed by atoms with Crippen molar-refractivity contribution in [3.63, 3.8) is 0 Å². The molecule has 1 aromatic carbocycles. The van der Waals surface area contributed by atoms with Crippen LogP contribution in [0.1, 0.15) is 18.4 Å². The van der Waals surface area contributed by atoms with E-state index in [4.69, 9.17) is 16.3 Å². The third-order valence-corrected chi connectivity index (χ3v) is 4.65. The van der Waals surface area contributed by atoms with E-state index in [-0.39, 0.29) is 31.2 Å². The lowest BCUT2D eigenvalue weighted by molar-refractivity contribution is -0.128. The lowest BCUT2D eigenvalue weighted by Crippen LogP contribution is -2.31. The van der Waals surface area contributed by atoms with E-state index in [1.807, 2.05) is 0 Å². The van der Waals surface area contributed by atoms with Crippen LogP contribution in [0.4, 0.5) is 10.5 Å². The Kier molecular flexibility index (Phi) is 6.10. The van der Waals surface area contributed by atoms with Gasteiger partial charge in [-0.3, -0.25) is 14.5 Å². The van der Waals surface area contributed by atoms with Crippen molar-refractivity contribution < 1.29 is 19.1 Å². The molecule has 28 heavy (non-hydrogen) atoms. The summed E-state index contributed by atoms with van der Waals surface area (Å²) in [6, 6.07) is 9.08. The fraction of sp³-hybridized carbons (Fsp3) is 0.263. The number of carbonyl (C=O) groups is 3. The topological polar surface area (TPSA) is 101 Å². The zero-order valence-electron chi connectivity index (χ0n) is 15.1. The van der Waals surface area contributed by atoms with Gasteiger partial charge in [-0.2, -0.15) is 0 Å². The maximum absolute atomic E-state index is 12.5. The average molecular weight is 403 g/mol. The lowest BCUT2D eigenvalue weighted by Gasteiger charge is -2.14. The highest BCUT2D eigenvalue weighted by molar-refractivity contribution is 6.31. The number of carbonyl (C=O) groups excluding carboxylic acids is 3. The Balaban J connectivity index is 1.53. The molecule has 1 saturated heterocycles. The van der Waals surface area contributed by atoms with Gasteiger partial charge in [0.2, 0.25) is 11.8 Å². The molecule has 0 spiro atoms. The van der Waals surface area contributed by atoms with E-state index in [0.29, 0.717) is 22.2 Å². The monoisotopic (exact) mass is 402 g/mol. The standard InChI is InChI=1S/C19H19ClN4O4/c1-28-17-9-6-13(10-21-17)22-16(25)8-7-15-18(26)24(19(27)23-15)11-12-4-2-3-5-14(12)20/h2-6,9-10,15H,7-8,11H2,1H3,(H,22,25)(H,23,27). The number of methoxy groups -OCH3 is 1. The number of aromatic nitrogens is 1. The molecule has 1 aliphatic heterocycles. The van der Waals surface area contributed by atoms with Crippen LogP contribution in [-0.2, 0) is 16.1 Å². The molecule has 4 amide bonds. The largest absolute Gasteiger partial charge is 0.481 e. The molecule has 2 heterocycles. The molecule has 0 aliphatic carbocycles. The van der Waals surface area contributed by atoms with E-state index in [0.717, 1.165) is 4.90 Å². The van der Waals surface area contributed by atoms with E-state index in [1.54, 1.807) is 36.4 Å². The van der Waals surface area contributed by atoms with Crippen LogP contribution >= 0.6 is 11.6 Å². The van der Waals surface area contributed by atoms with Crippen molar-refractivity contribution in [2.45, 2.75) is 25.4 Å². The number of rotatable bonds is 7. The molecule has 1 atom stereocenters. The summed E-state index contributed by atoms with van der Waals surface area (Å²) in [7, 11) is 1.50. The van der Waals surface area contributed by atoms with Crippen LogP contribution in [0.25, 0.3) is 0 Å². The maximum atomic E-state index is 12.5. The Hall–Kier alpha value is -3.13. The van der Waals surface area contributed by atoms with Gasteiger partial charge in [-0.15, -0.1) is 0 Å². The van der Waals surface area contributed by atoms with Gasteiger partial charge in [0.05, 0.1) is 25.5 Å². The van der Waals surface area contributed by atoms with Crippen LogP contribution < -0.4 is 15.4 Å². The van der Waals surface area contributed by atoms with Gasteiger partial charge in [-0.25, -0.2) is 9.78 Å². The fourth-order valence-corrected chi connectivity index (χ4v) is 2.99. The first kappa shape index (κ1) is 19.6. The summed E-state index contributed by atoms with van der Waals surface area (Å²) in [5, 5.41) is 5.79. The SMILES string of the molecule is COc1ccc(NC(=O)CCC2NC(=O)N(Cc3ccccc3Cl)C2=O)cn1. The van der Waals surface area contributed by atoms with Crippen LogP contribution in [0.15, 0.2) is 42.6 Å². The van der Waals surface area contributed by atoms with Crippen molar-refractivity contribution in [3.05, 3.63) is 53.2 Å². The Labute approximate surface area is 166 Å². The number of benzene rings is 1. The Morgan fingerprint density at radius 2 is 2.07 bits per heavy atom. The Morgan fingerprint density at radius 3 is 2.75 bits per heavy atom. The molecular weight excluding hydrogens is 384 g/mol. The second-order valence-corrected chi connectivity index (χ2v) is 6.60. The predicted molar refractivity (Wildman–Crippen MR) is 103 cm³/mol. The number of hydrogen-bond donors (Lipinski definition) is 2. The fourth-order valence-electron chi connectivity index (χ4n) is 2.79. The summed E-state index contributed by atoms with van der Waals surface area (Å²) in [6.45, 7) is 0.0879. The molecule has 0 saturated carbocycles. The smallest absolute Gasteiger partial charge is 0.325 e. The van der Waals surface area contributed by atoms with E-state index in [1.165, 1.54) is 13.3 Å². The van der Waals surface area contributed by atoms with Gasteiger partial charge in [0.25, 0.3) is 5.91 Å². The van der Waals surface area contributed by atoms with Gasteiger partial charge in [0.1, 0.15) is 6.04 Å². The highest BCUT2D eigenvalue weighted by Gasteiger charge is 2.38. The summed E-state index contributed by atoms with van der Waals surface area (Å²) >= 11 is 6.10. The van der Waals surface area contributed by atoms with Crippen LogP contribution in [0, 0.1) is 0 Å². The van der Waals surface area contributed by atoms with E-state index >= 15 is 0 Å². The number of imide groups is 1. The number of nitrogens with one attached hydrogen (secondary N) is 2. The van der Waals surface area contributed by atoms with Gasteiger partial charge < -0.3 is 15.4 Å². The van der Waals surface area contributed by atoms with Crippen LogP contribution in [0.2, 0.25) is 5.02 Å². The number of nitrogens with zero attached hydrogens (tertiary/aromatic N) is 2. The molecule has 1 aliphatic rings. The van der Waals surface area contributed by atoms with Crippen LogP contribution in [0.5, 0.6) is 5.88 Å². The van der Waals surface area contributed by atoms with Crippen molar-refractivity contribution in [2.24, 2.45) is 0 Å². The second kappa shape index (κ2) is 8.71. The highest BCUT2D eigenvalue weighted by Crippen LogP contribution is 2.20. The predicted octanol–water partition coefficient (Wildman–Crippen LogP) is 2.58. The summed E-state index contributed by atoms with van der Waals surface area (Å²) in [5.41, 5.74) is 1.20. The summed E-state index contributed by atoms with van der Waals surface area (Å²) in [6.07, 6.45) is 1.74. The van der Waals surface area contributed by atoms with E-state index in [2.05, 4.69) is 15.6 Å². The molecule has 2 aromatic rings. The van der Waals surface area contributed by atoms with E-state index < -0.39 is 12.1 Å². The second-order valence-electron chi connectivity index (χ2n) is 6.19. The minimum absolute atomic E-state index is 0.0721. The van der Waals surface area contributed by atoms with E-state index in [9.17, 15) is 14.4 Å². The van der Waals surface area contributed by atoms with Gasteiger partial charge in [0.15, 0.2) is 0 Å². The Bertz CT molecular complexity index is 888. The minimum Gasteiger partial charge on any atom is -0.481 e. The van der Waals surface area contributed by atoms with Gasteiger partial charge in [-0.1, -0.05) is 29.8 Å². The highest BCUT2D eigenvalue weighted by atomic mass is 35.5. The third kappa shape index (κ3) is 4.58. The summed E-state index contributed by atoms with van der Waals surface area (Å²) in [5.74, 6) is -0.210. The first-order valence-electron chi connectivity index (χ1n) is 8.63. The molecule has 3 rings (SSSR count). The number of urea groups is 1. The molecule has 1 unspecified atom stereocenters. The molecule has 1 aromatic heterocycles. The molecule has 0 bridgehead atoms. The average Bonchev–Trinajstić information content (AvgIpc) is 2.96. The zero-order chi connectivity index (χ0) is 20.1. The molecular formula is C19H19ClN4O4. The van der Waals surface area contributed by atoms with Crippen LogP contribution in [-0.4, -0.2) is 40.9 Å². The first-order valence-corrected chi connectivity index (χ1v) is 9.01. The van der Waals surface area contributed by atoms with Crippen molar-refractivity contribution >= 4 is 35.1 Å². The molecule has 8 nitrogen and oxygen atoms in total. The molecule has 0 radical (unpaired) electrons. The number of halogens is 1. The quantitative estimate of drug-likeness (QED) is 0.693. The van der Waals surface area contributed by atoms with Crippen molar-refractivity contribution in [2.75, 3.05) is 12.4 Å². The normalized spacial score (nSPS) is 16.1.